The molecule has 0 aliphatic carbocycles. The fraction of sp³-hybridized carbons (Fsp3) is 0.526. The number of benzene rings is 1. The summed E-state index contributed by atoms with van der Waals surface area (Å²) in [4.78, 5) is 14.7. The summed E-state index contributed by atoms with van der Waals surface area (Å²) < 4.78 is 20.5. The van der Waals surface area contributed by atoms with Gasteiger partial charge in [0.25, 0.3) is 5.91 Å². The highest BCUT2D eigenvalue weighted by Gasteiger charge is 2.26. The van der Waals surface area contributed by atoms with Crippen LogP contribution in [0.1, 0.15) is 48.8 Å². The van der Waals surface area contributed by atoms with Crippen molar-refractivity contribution in [3.63, 3.8) is 0 Å². The zero-order valence-corrected chi connectivity index (χ0v) is 15.3. The van der Waals surface area contributed by atoms with Crippen molar-refractivity contribution < 1.29 is 13.9 Å². The number of nitrogens with zero attached hydrogens (tertiary/aromatic N) is 4. The van der Waals surface area contributed by atoms with Gasteiger partial charge in [0.15, 0.2) is 5.69 Å². The number of hydrogen-bond donors (Lipinski definition) is 0. The van der Waals surface area contributed by atoms with Crippen LogP contribution in [0.5, 0.6) is 0 Å². The van der Waals surface area contributed by atoms with Crippen molar-refractivity contribution in [2.45, 2.75) is 45.6 Å². The molecule has 0 bridgehead atoms. The number of carbonyl (C=O) groups is 1. The zero-order chi connectivity index (χ0) is 18.5. The van der Waals surface area contributed by atoms with Crippen LogP contribution < -0.4 is 0 Å². The van der Waals surface area contributed by atoms with Gasteiger partial charge in [-0.2, -0.15) is 0 Å². The smallest absolute Gasteiger partial charge is 0.276 e. The average Bonchev–Trinajstić information content (AvgIpc) is 2.88. The van der Waals surface area contributed by atoms with Gasteiger partial charge in [0.1, 0.15) is 5.82 Å². The molecule has 0 spiro atoms. The Kier molecular flexibility index (Phi) is 5.98. The molecule has 1 atom stereocenters. The molecule has 1 unspecified atom stereocenters. The van der Waals surface area contributed by atoms with Gasteiger partial charge < -0.3 is 9.64 Å². The summed E-state index contributed by atoms with van der Waals surface area (Å²) in [6.07, 6.45) is 3.97. The molecule has 6 nitrogen and oxygen atoms in total. The highest BCUT2D eigenvalue weighted by atomic mass is 19.1. The Bertz CT molecular complexity index is 744. The van der Waals surface area contributed by atoms with Gasteiger partial charge >= 0.3 is 0 Å². The molecule has 2 heterocycles. The van der Waals surface area contributed by atoms with E-state index in [0.29, 0.717) is 30.2 Å². The Labute approximate surface area is 152 Å². The highest BCUT2D eigenvalue weighted by molar-refractivity contribution is 5.93. The van der Waals surface area contributed by atoms with Gasteiger partial charge in [0.2, 0.25) is 0 Å². The van der Waals surface area contributed by atoms with Crippen LogP contribution in [-0.4, -0.2) is 51.6 Å². The lowest BCUT2D eigenvalue weighted by Gasteiger charge is -2.20. The summed E-state index contributed by atoms with van der Waals surface area (Å²) >= 11 is 0. The SMILES string of the molecule is CCCOC1CCCN(C(=O)c2nnn(-c3ccc(F)cc3)c2C)CC1. The van der Waals surface area contributed by atoms with E-state index in [1.54, 1.807) is 16.8 Å². The summed E-state index contributed by atoms with van der Waals surface area (Å²) in [6.45, 7) is 6.04. The number of rotatable bonds is 5. The first-order chi connectivity index (χ1) is 12.6. The van der Waals surface area contributed by atoms with E-state index in [9.17, 15) is 9.18 Å². The molecule has 0 radical (unpaired) electrons. The average molecular weight is 360 g/mol. The summed E-state index contributed by atoms with van der Waals surface area (Å²) in [7, 11) is 0. The Morgan fingerprint density at radius 2 is 2.04 bits per heavy atom. The minimum Gasteiger partial charge on any atom is -0.378 e. The van der Waals surface area contributed by atoms with E-state index in [1.807, 2.05) is 11.8 Å². The third-order valence-corrected chi connectivity index (χ3v) is 4.69. The Morgan fingerprint density at radius 1 is 1.27 bits per heavy atom. The van der Waals surface area contributed by atoms with Crippen molar-refractivity contribution >= 4 is 5.91 Å². The number of halogens is 1. The molecule has 1 aromatic heterocycles. The fourth-order valence-corrected chi connectivity index (χ4v) is 3.22. The minimum absolute atomic E-state index is 0.105. The monoisotopic (exact) mass is 360 g/mol. The van der Waals surface area contributed by atoms with Crippen molar-refractivity contribution in [1.82, 2.24) is 19.9 Å². The van der Waals surface area contributed by atoms with E-state index in [1.165, 1.54) is 12.1 Å². The van der Waals surface area contributed by atoms with Gasteiger partial charge in [-0.15, -0.1) is 5.10 Å². The van der Waals surface area contributed by atoms with E-state index in [4.69, 9.17) is 4.74 Å². The van der Waals surface area contributed by atoms with Crippen LogP contribution in [0.25, 0.3) is 5.69 Å². The van der Waals surface area contributed by atoms with Crippen LogP contribution in [0.3, 0.4) is 0 Å². The number of likely N-dealkylation sites (tertiary alicyclic amines) is 1. The van der Waals surface area contributed by atoms with Gasteiger partial charge in [-0.1, -0.05) is 12.1 Å². The molecule has 1 fully saturated rings. The summed E-state index contributed by atoms with van der Waals surface area (Å²) in [5.41, 5.74) is 1.69. The fourth-order valence-electron chi connectivity index (χ4n) is 3.22. The highest BCUT2D eigenvalue weighted by Crippen LogP contribution is 2.19. The van der Waals surface area contributed by atoms with Crippen molar-refractivity contribution in [3.05, 3.63) is 41.5 Å². The minimum atomic E-state index is -0.313. The van der Waals surface area contributed by atoms with Gasteiger partial charge in [-0.05, 0) is 56.9 Å². The van der Waals surface area contributed by atoms with Crippen LogP contribution in [-0.2, 0) is 4.74 Å². The molecule has 3 rings (SSSR count). The lowest BCUT2D eigenvalue weighted by Crippen LogP contribution is -2.33. The Balaban J connectivity index is 1.71. The zero-order valence-electron chi connectivity index (χ0n) is 15.3. The normalized spacial score (nSPS) is 18.0. The number of hydrogen-bond acceptors (Lipinski definition) is 4. The molecule has 1 aliphatic rings. The van der Waals surface area contributed by atoms with E-state index in [-0.39, 0.29) is 17.8 Å². The largest absolute Gasteiger partial charge is 0.378 e. The van der Waals surface area contributed by atoms with Crippen LogP contribution in [0.15, 0.2) is 24.3 Å². The van der Waals surface area contributed by atoms with E-state index in [2.05, 4.69) is 17.2 Å². The first-order valence-corrected chi connectivity index (χ1v) is 9.19. The summed E-state index contributed by atoms with van der Waals surface area (Å²) in [5, 5.41) is 8.17. The summed E-state index contributed by atoms with van der Waals surface area (Å²) in [5.74, 6) is -0.417. The maximum atomic E-state index is 13.1. The predicted molar refractivity (Wildman–Crippen MR) is 95.8 cm³/mol. The third-order valence-electron chi connectivity index (χ3n) is 4.69. The standard InChI is InChI=1S/C19H25FN4O2/c1-3-13-26-17-5-4-11-23(12-10-17)19(25)18-14(2)24(22-21-18)16-8-6-15(20)7-9-16/h6-9,17H,3-5,10-13H2,1-2H3. The number of amides is 1. The van der Waals surface area contributed by atoms with Crippen molar-refractivity contribution in [1.29, 1.82) is 0 Å². The molecule has 140 valence electrons. The number of aromatic nitrogens is 3. The van der Waals surface area contributed by atoms with Crippen molar-refractivity contribution in [3.8, 4) is 5.69 Å². The van der Waals surface area contributed by atoms with Crippen LogP contribution in [0.2, 0.25) is 0 Å². The van der Waals surface area contributed by atoms with E-state index in [0.717, 1.165) is 32.3 Å². The maximum Gasteiger partial charge on any atom is 0.276 e. The molecule has 1 aromatic carbocycles. The third kappa shape index (κ3) is 4.09. The van der Waals surface area contributed by atoms with E-state index < -0.39 is 0 Å². The molecular weight excluding hydrogens is 335 g/mol. The molecule has 2 aromatic rings. The van der Waals surface area contributed by atoms with Gasteiger partial charge in [-0.3, -0.25) is 4.79 Å². The van der Waals surface area contributed by atoms with Crippen molar-refractivity contribution in [2.75, 3.05) is 19.7 Å². The van der Waals surface area contributed by atoms with Crippen LogP contribution in [0, 0.1) is 12.7 Å². The molecule has 1 aliphatic heterocycles. The van der Waals surface area contributed by atoms with Crippen LogP contribution in [0.4, 0.5) is 4.39 Å². The first-order valence-electron chi connectivity index (χ1n) is 9.19. The molecule has 7 heteroatoms. The molecular formula is C19H25FN4O2. The Morgan fingerprint density at radius 3 is 2.77 bits per heavy atom. The second-order valence-electron chi connectivity index (χ2n) is 6.63. The molecule has 0 N–H and O–H groups in total. The van der Waals surface area contributed by atoms with Crippen molar-refractivity contribution in [2.24, 2.45) is 0 Å². The second-order valence-corrected chi connectivity index (χ2v) is 6.63. The molecule has 0 saturated carbocycles. The molecule has 1 saturated heterocycles. The predicted octanol–water partition coefficient (Wildman–Crippen LogP) is 3.14. The van der Waals surface area contributed by atoms with Gasteiger partial charge in [0.05, 0.1) is 17.5 Å². The van der Waals surface area contributed by atoms with Gasteiger partial charge in [0, 0.05) is 19.7 Å². The number of carbonyl (C=O) groups excluding carboxylic acids is 1. The molecule has 26 heavy (non-hydrogen) atoms. The lowest BCUT2D eigenvalue weighted by atomic mass is 10.2. The summed E-state index contributed by atoms with van der Waals surface area (Å²) in [6, 6.07) is 5.96. The topological polar surface area (TPSA) is 60.2 Å². The number of ether oxygens (including phenoxy) is 1. The first kappa shape index (κ1) is 18.5. The van der Waals surface area contributed by atoms with E-state index >= 15 is 0 Å². The maximum absolute atomic E-state index is 13.1. The van der Waals surface area contributed by atoms with Gasteiger partial charge in [-0.25, -0.2) is 9.07 Å². The second kappa shape index (κ2) is 8.40. The quantitative estimate of drug-likeness (QED) is 0.822. The lowest BCUT2D eigenvalue weighted by molar-refractivity contribution is 0.0432. The van der Waals surface area contributed by atoms with Crippen LogP contribution >= 0.6 is 0 Å². The molecule has 1 amide bonds. The Hall–Kier alpha value is -2.28.